The molecule has 1 fully saturated rings. The summed E-state index contributed by atoms with van der Waals surface area (Å²) in [6.45, 7) is 6.24. The number of carbonyl (C=O) groups excluding carboxylic acids is 2. The minimum Gasteiger partial charge on any atom is -0.458 e. The largest absolute Gasteiger partial charge is 0.458 e. The summed E-state index contributed by atoms with van der Waals surface area (Å²) in [7, 11) is 0. The SMILES string of the molecule is CC.Cc1c(F)cc2nc3c(c4c2c1CCC4)Cn1c-3cc2c(c1=O)COC(=O)C2O.NC(=O)C1CC(CO)C1. The molecule has 3 aromatic rings. The molecule has 4 N–H and O–H groups in total. The van der Waals surface area contributed by atoms with Gasteiger partial charge >= 0.3 is 5.97 Å². The van der Waals surface area contributed by atoms with Crippen LogP contribution in [0.2, 0.25) is 0 Å². The summed E-state index contributed by atoms with van der Waals surface area (Å²) in [5.41, 5.74) is 10.9. The number of nitrogens with zero attached hydrogens (tertiary/aromatic N) is 2. The van der Waals surface area contributed by atoms with Gasteiger partial charge < -0.3 is 25.3 Å². The van der Waals surface area contributed by atoms with Gasteiger partial charge in [-0.1, -0.05) is 13.8 Å². The number of nitrogens with two attached hydrogens (primary N) is 1. The number of esters is 1. The molecule has 4 aliphatic rings. The van der Waals surface area contributed by atoms with Crippen LogP contribution in [0.4, 0.5) is 4.39 Å². The van der Waals surface area contributed by atoms with Crippen LogP contribution >= 0.6 is 0 Å². The third-order valence-corrected chi connectivity index (χ3v) is 8.44. The van der Waals surface area contributed by atoms with Gasteiger partial charge in [-0.2, -0.15) is 0 Å². The fraction of sp³-hybridized carbons (Fsp3) is 0.467. The van der Waals surface area contributed by atoms with Crippen molar-refractivity contribution in [1.29, 1.82) is 0 Å². The zero-order valence-electron chi connectivity index (χ0n) is 22.9. The van der Waals surface area contributed by atoms with Crippen molar-refractivity contribution in [2.24, 2.45) is 17.6 Å². The van der Waals surface area contributed by atoms with Crippen LogP contribution in [0.15, 0.2) is 16.9 Å². The first-order valence-electron chi connectivity index (χ1n) is 13.8. The van der Waals surface area contributed by atoms with Gasteiger partial charge in [0.15, 0.2) is 6.10 Å². The topological polar surface area (TPSA) is 145 Å². The Balaban J connectivity index is 0.000000250. The van der Waals surface area contributed by atoms with Crippen molar-refractivity contribution in [2.45, 2.75) is 72.1 Å². The van der Waals surface area contributed by atoms with E-state index in [1.165, 1.54) is 6.07 Å². The summed E-state index contributed by atoms with van der Waals surface area (Å²) in [6, 6.07) is 3.13. The molecule has 0 spiro atoms. The molecule has 212 valence electrons. The van der Waals surface area contributed by atoms with E-state index in [1.54, 1.807) is 17.6 Å². The molecule has 1 atom stereocenters. The van der Waals surface area contributed by atoms with Crippen LogP contribution < -0.4 is 11.3 Å². The molecule has 1 unspecified atom stereocenters. The number of ether oxygens (including phenoxy) is 1. The summed E-state index contributed by atoms with van der Waals surface area (Å²) >= 11 is 0. The van der Waals surface area contributed by atoms with Crippen molar-refractivity contribution in [2.75, 3.05) is 6.61 Å². The molecule has 1 saturated carbocycles. The van der Waals surface area contributed by atoms with Gasteiger partial charge in [-0.05, 0) is 67.7 Å². The number of primary amides is 1. The molecule has 1 amide bonds. The minimum atomic E-state index is -1.48. The first kappa shape index (κ1) is 27.9. The van der Waals surface area contributed by atoms with E-state index in [-0.39, 0.29) is 42.0 Å². The lowest BCUT2D eigenvalue weighted by Crippen LogP contribution is -2.36. The number of carbonyl (C=O) groups is 2. The van der Waals surface area contributed by atoms with Crippen LogP contribution in [0.3, 0.4) is 0 Å². The predicted molar refractivity (Wildman–Crippen MR) is 146 cm³/mol. The Hall–Kier alpha value is -3.63. The molecule has 9 nitrogen and oxygen atoms in total. The highest BCUT2D eigenvalue weighted by Crippen LogP contribution is 2.42. The third kappa shape index (κ3) is 4.39. The van der Waals surface area contributed by atoms with Crippen molar-refractivity contribution in [3.63, 3.8) is 0 Å². The number of hydrogen-bond acceptors (Lipinski definition) is 7. The summed E-state index contributed by atoms with van der Waals surface area (Å²) in [6.07, 6.45) is 2.68. The van der Waals surface area contributed by atoms with Gasteiger partial charge in [-0.25, -0.2) is 14.2 Å². The van der Waals surface area contributed by atoms with Crippen molar-refractivity contribution in [3.05, 3.63) is 61.7 Å². The molecule has 0 bridgehead atoms. The predicted octanol–water partition coefficient (Wildman–Crippen LogP) is 2.97. The lowest BCUT2D eigenvalue weighted by atomic mass is 9.75. The van der Waals surface area contributed by atoms with Gasteiger partial charge in [-0.3, -0.25) is 9.59 Å². The number of aromatic nitrogens is 2. The number of fused-ring (bicyclic) bond motifs is 5. The Bertz CT molecular complexity index is 1590. The summed E-state index contributed by atoms with van der Waals surface area (Å²) in [4.78, 5) is 40.0. The van der Waals surface area contributed by atoms with Gasteiger partial charge in [0.05, 0.1) is 29.0 Å². The zero-order chi connectivity index (χ0) is 28.9. The Morgan fingerprint density at radius 1 is 1.15 bits per heavy atom. The van der Waals surface area contributed by atoms with Gasteiger partial charge in [-0.15, -0.1) is 0 Å². The van der Waals surface area contributed by atoms with E-state index in [9.17, 15) is 23.9 Å². The molecule has 0 saturated heterocycles. The van der Waals surface area contributed by atoms with Crippen LogP contribution in [0.25, 0.3) is 22.3 Å². The zero-order valence-corrected chi connectivity index (χ0v) is 22.9. The maximum absolute atomic E-state index is 14.5. The minimum absolute atomic E-state index is 0.0437. The van der Waals surface area contributed by atoms with E-state index in [4.69, 9.17) is 20.6 Å². The number of aliphatic hydroxyl groups is 2. The molecular formula is C30H34FN3O6. The molecule has 1 aromatic carbocycles. The molecule has 40 heavy (non-hydrogen) atoms. The number of amides is 1. The van der Waals surface area contributed by atoms with Crippen molar-refractivity contribution in [1.82, 2.24) is 9.55 Å². The molecule has 2 aliphatic carbocycles. The second-order valence-corrected chi connectivity index (χ2v) is 10.6. The smallest absolute Gasteiger partial charge is 0.340 e. The number of hydrogen-bond donors (Lipinski definition) is 3. The normalized spacial score (nSPS) is 21.4. The first-order chi connectivity index (χ1) is 19.2. The fourth-order valence-electron chi connectivity index (χ4n) is 6.18. The number of cyclic esters (lactones) is 1. The van der Waals surface area contributed by atoms with Crippen molar-refractivity contribution >= 4 is 22.8 Å². The maximum atomic E-state index is 14.5. The second-order valence-electron chi connectivity index (χ2n) is 10.6. The van der Waals surface area contributed by atoms with E-state index in [0.29, 0.717) is 40.5 Å². The highest BCUT2D eigenvalue weighted by Gasteiger charge is 2.35. The number of aliphatic hydroxyl groups excluding tert-OH is 2. The average molecular weight is 552 g/mol. The first-order valence-corrected chi connectivity index (χ1v) is 13.8. The summed E-state index contributed by atoms with van der Waals surface area (Å²) in [5.74, 6) is -0.875. The average Bonchev–Trinajstić information content (AvgIpc) is 3.29. The standard InChI is InChI=1S/C22H17FN2O4.C6H11NO2.C2H6/c1-9-10-3-2-4-11-13-7-25-17(19(13)24-16(18(10)11)6-15(9)23)5-12-14(21(25)27)8-29-22(28)20(12)26;7-6(9)5-1-4(2-5)3-8;1-2/h5-6,20,26H,2-4,7-8H2,1H3;4-5,8H,1-3H2,(H2,7,9);1-2H3. The molecule has 2 aromatic heterocycles. The second kappa shape index (κ2) is 10.7. The highest BCUT2D eigenvalue weighted by molar-refractivity contribution is 5.92. The number of benzene rings is 1. The Kier molecular flexibility index (Phi) is 7.50. The molecule has 4 heterocycles. The lowest BCUT2D eigenvalue weighted by molar-refractivity contribution is -0.157. The molecule has 2 aliphatic heterocycles. The monoisotopic (exact) mass is 551 g/mol. The van der Waals surface area contributed by atoms with Gasteiger partial charge in [0.1, 0.15) is 12.4 Å². The van der Waals surface area contributed by atoms with Crippen LogP contribution in [-0.2, 0) is 40.3 Å². The van der Waals surface area contributed by atoms with Crippen LogP contribution in [0.5, 0.6) is 0 Å². The summed E-state index contributed by atoms with van der Waals surface area (Å²) < 4.78 is 21.1. The number of aryl methyl sites for hydroxylation is 2. The lowest BCUT2D eigenvalue weighted by Gasteiger charge is -2.31. The van der Waals surface area contributed by atoms with E-state index in [1.807, 2.05) is 13.8 Å². The number of halogens is 1. The Labute approximate surface area is 230 Å². The van der Waals surface area contributed by atoms with Crippen LogP contribution in [0.1, 0.15) is 72.6 Å². The highest BCUT2D eigenvalue weighted by atomic mass is 19.1. The van der Waals surface area contributed by atoms with Crippen LogP contribution in [-0.4, -0.2) is 38.2 Å². The third-order valence-electron chi connectivity index (χ3n) is 8.44. The van der Waals surface area contributed by atoms with E-state index < -0.39 is 12.1 Å². The Morgan fingerprint density at radius 3 is 2.52 bits per heavy atom. The molecule has 10 heteroatoms. The summed E-state index contributed by atoms with van der Waals surface area (Å²) in [5, 5.41) is 19.8. The van der Waals surface area contributed by atoms with Gasteiger partial charge in [0, 0.05) is 35.1 Å². The maximum Gasteiger partial charge on any atom is 0.340 e. The fourth-order valence-corrected chi connectivity index (χ4v) is 6.18. The molecule has 7 rings (SSSR count). The number of pyridine rings is 2. The molecular weight excluding hydrogens is 517 g/mol. The van der Waals surface area contributed by atoms with E-state index in [0.717, 1.165) is 54.2 Å². The quantitative estimate of drug-likeness (QED) is 0.325. The van der Waals surface area contributed by atoms with Gasteiger partial charge in [0.2, 0.25) is 5.91 Å². The number of rotatable bonds is 2. The van der Waals surface area contributed by atoms with E-state index >= 15 is 0 Å². The van der Waals surface area contributed by atoms with E-state index in [2.05, 4.69) is 0 Å². The molecule has 0 radical (unpaired) electrons. The van der Waals surface area contributed by atoms with Crippen molar-refractivity contribution < 1.29 is 28.9 Å². The Morgan fingerprint density at radius 2 is 1.85 bits per heavy atom. The van der Waals surface area contributed by atoms with Crippen LogP contribution in [0, 0.1) is 24.6 Å². The van der Waals surface area contributed by atoms with Gasteiger partial charge in [0.25, 0.3) is 5.56 Å². The van der Waals surface area contributed by atoms with Crippen molar-refractivity contribution in [3.8, 4) is 11.4 Å².